The van der Waals surface area contributed by atoms with E-state index in [1.165, 1.54) is 17.2 Å². The molecule has 51 heavy (non-hydrogen) atoms. The summed E-state index contributed by atoms with van der Waals surface area (Å²) in [4.78, 5) is 41.8. The van der Waals surface area contributed by atoms with Crippen LogP contribution in [0.25, 0.3) is 11.3 Å². The van der Waals surface area contributed by atoms with Crippen LogP contribution in [0, 0.1) is 11.2 Å². The number of hydrogen-bond donors (Lipinski definition) is 4. The van der Waals surface area contributed by atoms with Gasteiger partial charge in [0.2, 0.25) is 0 Å². The minimum Gasteiger partial charge on any atom is -0.485 e. The van der Waals surface area contributed by atoms with Gasteiger partial charge in [-0.2, -0.15) is 5.10 Å². The quantitative estimate of drug-likeness (QED) is 0.103. The highest BCUT2D eigenvalue weighted by Gasteiger charge is 2.27. The van der Waals surface area contributed by atoms with E-state index in [0.717, 1.165) is 31.4 Å². The Labute approximate surface area is 297 Å². The Kier molecular flexibility index (Phi) is 12.1. The number of halogens is 1. The number of benzene rings is 2. The van der Waals surface area contributed by atoms with Crippen molar-refractivity contribution in [1.29, 1.82) is 5.41 Å². The predicted octanol–water partition coefficient (Wildman–Crippen LogP) is 6.40. The van der Waals surface area contributed by atoms with Crippen molar-refractivity contribution >= 4 is 35.8 Å². The molecule has 1 aliphatic heterocycles. The van der Waals surface area contributed by atoms with E-state index in [1.54, 1.807) is 43.6 Å². The fourth-order valence-corrected chi connectivity index (χ4v) is 5.84. The highest BCUT2D eigenvalue weighted by molar-refractivity contribution is 6.10. The Morgan fingerprint density at radius 2 is 1.80 bits per heavy atom. The van der Waals surface area contributed by atoms with Crippen LogP contribution in [0.2, 0.25) is 0 Å². The highest BCUT2D eigenvalue weighted by atomic mass is 19.1. The lowest BCUT2D eigenvalue weighted by Gasteiger charge is -2.38. The first-order valence-corrected chi connectivity index (χ1v) is 16.7. The van der Waals surface area contributed by atoms with Crippen molar-refractivity contribution in [3.8, 4) is 17.0 Å². The van der Waals surface area contributed by atoms with Crippen LogP contribution in [0.3, 0.4) is 0 Å². The number of aryl methyl sites for hydroxylation is 1. The minimum absolute atomic E-state index is 0.194. The zero-order chi connectivity index (χ0) is 37.5. The van der Waals surface area contributed by atoms with Crippen molar-refractivity contribution in [1.82, 2.24) is 19.7 Å². The number of nitrogens with zero attached hydrogens (tertiary/aromatic N) is 4. The van der Waals surface area contributed by atoms with E-state index in [9.17, 15) is 9.59 Å². The van der Waals surface area contributed by atoms with Gasteiger partial charge in [0, 0.05) is 36.6 Å². The van der Waals surface area contributed by atoms with E-state index in [0.29, 0.717) is 40.5 Å². The Morgan fingerprint density at radius 3 is 2.37 bits per heavy atom. The number of carbonyl (C=O) groups is 2. The summed E-state index contributed by atoms with van der Waals surface area (Å²) < 4.78 is 22.8. The number of likely N-dealkylation sites (tertiary alicyclic amines) is 1. The Hall–Kier alpha value is -5.43. The molecule has 0 bridgehead atoms. The van der Waals surface area contributed by atoms with Gasteiger partial charge >= 0.3 is 0 Å². The molecule has 0 aliphatic carbocycles. The number of carboxylic acid groups (broad SMARTS) is 1. The second kappa shape index (κ2) is 16.1. The van der Waals surface area contributed by atoms with Crippen molar-refractivity contribution in [3.05, 3.63) is 93.2 Å². The fraction of sp³-hybridized carbons (Fsp3) is 0.368. The molecule has 1 aliphatic rings. The third kappa shape index (κ3) is 9.43. The highest BCUT2D eigenvalue weighted by Crippen LogP contribution is 2.32. The summed E-state index contributed by atoms with van der Waals surface area (Å²) in [5.74, 6) is -0.239. The molecule has 3 heterocycles. The van der Waals surface area contributed by atoms with Crippen molar-refractivity contribution in [2.24, 2.45) is 7.05 Å². The van der Waals surface area contributed by atoms with Crippen LogP contribution in [-0.2, 0) is 23.7 Å². The van der Waals surface area contributed by atoms with E-state index in [1.807, 2.05) is 39.8 Å². The lowest BCUT2D eigenvalue weighted by atomic mass is 9.85. The van der Waals surface area contributed by atoms with Gasteiger partial charge in [-0.1, -0.05) is 39.8 Å². The van der Waals surface area contributed by atoms with Crippen molar-refractivity contribution in [3.63, 3.8) is 0 Å². The number of rotatable bonds is 11. The molecule has 4 aromatic rings. The molecule has 0 unspecified atom stereocenters. The molecular weight excluding hydrogens is 653 g/mol. The lowest BCUT2D eigenvalue weighted by molar-refractivity contribution is -0.122. The normalized spacial score (nSPS) is 12.9. The number of nitrogens with one attached hydrogen (secondary N) is 3. The Bertz CT molecular complexity index is 1950. The van der Waals surface area contributed by atoms with Crippen LogP contribution in [-0.4, -0.2) is 68.6 Å². The molecule has 1 fully saturated rings. The molecule has 0 saturated carbocycles. The first kappa shape index (κ1) is 38.4. The largest absolute Gasteiger partial charge is 0.485 e. The number of hydrogen-bond acceptors (Lipinski definition) is 9. The monoisotopic (exact) mass is 699 g/mol. The van der Waals surface area contributed by atoms with E-state index in [-0.39, 0.29) is 39.9 Å². The number of anilines is 3. The van der Waals surface area contributed by atoms with Crippen LogP contribution in [0.15, 0.2) is 59.5 Å². The summed E-state index contributed by atoms with van der Waals surface area (Å²) in [6.07, 6.45) is 4.37. The third-order valence-corrected chi connectivity index (χ3v) is 8.43. The first-order valence-electron chi connectivity index (χ1n) is 16.7. The first-order chi connectivity index (χ1) is 24.1. The molecule has 270 valence electrons. The zero-order valence-corrected chi connectivity index (χ0v) is 30.1. The van der Waals surface area contributed by atoms with Crippen molar-refractivity contribution < 1.29 is 23.8 Å². The van der Waals surface area contributed by atoms with E-state index < -0.39 is 11.7 Å². The van der Waals surface area contributed by atoms with Gasteiger partial charge in [0.1, 0.15) is 28.7 Å². The summed E-state index contributed by atoms with van der Waals surface area (Å²) in [5, 5.41) is 25.3. The van der Waals surface area contributed by atoms with E-state index >= 15 is 4.39 Å². The van der Waals surface area contributed by atoms with Gasteiger partial charge in [-0.25, -0.2) is 14.1 Å². The average Bonchev–Trinajstić information content (AvgIpc) is 3.05. The van der Waals surface area contributed by atoms with Crippen LogP contribution in [0.5, 0.6) is 5.75 Å². The Balaban J connectivity index is 0.00000188. The lowest BCUT2D eigenvalue weighted by Crippen LogP contribution is -2.48. The van der Waals surface area contributed by atoms with Gasteiger partial charge in [0.05, 0.1) is 17.5 Å². The van der Waals surface area contributed by atoms with Crippen molar-refractivity contribution in [2.75, 3.05) is 30.3 Å². The minimum atomic E-state index is -0.688. The third-order valence-electron chi connectivity index (χ3n) is 8.43. The molecule has 13 heteroatoms. The average molecular weight is 700 g/mol. The van der Waals surface area contributed by atoms with Crippen LogP contribution in [0.1, 0.15) is 75.0 Å². The maximum atomic E-state index is 15.3. The summed E-state index contributed by atoms with van der Waals surface area (Å²) >= 11 is 0. The maximum absolute atomic E-state index is 15.3. The molecule has 1 saturated heterocycles. The van der Waals surface area contributed by atoms with Gasteiger partial charge < -0.3 is 25.9 Å². The number of ether oxygens (including phenoxy) is 1. The van der Waals surface area contributed by atoms with E-state index in [2.05, 4.69) is 39.5 Å². The molecule has 1 amide bonds. The summed E-state index contributed by atoms with van der Waals surface area (Å²) in [5.41, 5.74) is 2.34. The number of amides is 1. The number of carbonyl (C=O) groups excluding carboxylic acids is 1. The summed E-state index contributed by atoms with van der Waals surface area (Å²) in [7, 11) is 1.57. The van der Waals surface area contributed by atoms with Gasteiger partial charge in [0.15, 0.2) is 0 Å². The second-order valence-corrected chi connectivity index (χ2v) is 13.9. The molecule has 2 aromatic heterocycles. The second-order valence-electron chi connectivity index (χ2n) is 13.9. The molecule has 12 nitrogen and oxygen atoms in total. The standard InChI is InChI=1S/C37H44FN7O3.CH2O2/c1-8-26-27(11-9-12-29(26)42-34(46)33-23(20-39)17-24(18-28(33)38)36(2,3)4)30-19-31(35(47)44(7)43-30)41-32-14-13-25(21-40-32)48-37(5,6)22-45-15-10-16-45;2-1-3/h9,11-14,17-21,39H,8,10,15-16,22H2,1-7H3,(H,40,41)(H,42,46);1H,(H,2,3). The number of pyridine rings is 1. The predicted molar refractivity (Wildman–Crippen MR) is 197 cm³/mol. The van der Waals surface area contributed by atoms with Crippen molar-refractivity contribution in [2.45, 2.75) is 65.4 Å². The maximum Gasteiger partial charge on any atom is 0.290 e. The molecule has 0 spiro atoms. The Morgan fingerprint density at radius 1 is 1.10 bits per heavy atom. The van der Waals surface area contributed by atoms with Crippen LogP contribution in [0.4, 0.5) is 21.6 Å². The van der Waals surface area contributed by atoms with Crippen LogP contribution < -0.4 is 20.9 Å². The van der Waals surface area contributed by atoms with Gasteiger partial charge in [-0.15, -0.1) is 0 Å². The van der Waals surface area contributed by atoms with Crippen LogP contribution >= 0.6 is 0 Å². The molecule has 2 aromatic carbocycles. The fourth-order valence-electron chi connectivity index (χ4n) is 5.84. The van der Waals surface area contributed by atoms with Gasteiger partial charge in [-0.05, 0) is 92.7 Å². The smallest absolute Gasteiger partial charge is 0.290 e. The van der Waals surface area contributed by atoms with E-state index in [4.69, 9.17) is 20.0 Å². The topological polar surface area (TPSA) is 163 Å². The number of aromatic nitrogens is 3. The summed E-state index contributed by atoms with van der Waals surface area (Å²) in [6.45, 7) is 14.7. The molecule has 0 radical (unpaired) electrons. The SMILES string of the molecule is CCc1c(NC(=O)c2c(F)cc(C(C)(C)C)cc2C=N)cccc1-c1cc(Nc2ccc(OC(C)(C)CN3CCC3)cn2)c(=O)n(C)n1.O=CO. The van der Waals surface area contributed by atoms with Gasteiger partial charge in [-0.3, -0.25) is 19.3 Å². The molecule has 0 atom stereocenters. The molecule has 5 rings (SSSR count). The molecule has 4 N–H and O–H groups in total. The van der Waals surface area contributed by atoms with Gasteiger partial charge in [0.25, 0.3) is 17.9 Å². The summed E-state index contributed by atoms with van der Waals surface area (Å²) in [6, 6.07) is 13.6. The molecular formula is C38H46FN7O5. The zero-order valence-electron chi connectivity index (χ0n) is 30.1.